The summed E-state index contributed by atoms with van der Waals surface area (Å²) in [5.41, 5.74) is 4.08. The van der Waals surface area contributed by atoms with Crippen LogP contribution in [0.3, 0.4) is 0 Å². The molecule has 2 aromatic heterocycles. The second kappa shape index (κ2) is 7.30. The fraction of sp³-hybridized carbons (Fsp3) is 0.261. The molecule has 7 heteroatoms. The van der Waals surface area contributed by atoms with Gasteiger partial charge in [0, 0.05) is 24.0 Å². The van der Waals surface area contributed by atoms with Crippen molar-refractivity contribution in [3.05, 3.63) is 65.2 Å². The predicted octanol–water partition coefficient (Wildman–Crippen LogP) is 4.69. The van der Waals surface area contributed by atoms with Crippen molar-refractivity contribution in [1.82, 2.24) is 9.97 Å². The Bertz CT molecular complexity index is 1220. The molecule has 6 nitrogen and oxygen atoms in total. The molecule has 5 rings (SSSR count). The number of aromatic nitrogens is 2. The van der Waals surface area contributed by atoms with Crippen LogP contribution in [0.1, 0.15) is 36.9 Å². The number of ether oxygens (including phenoxy) is 1. The number of halogens is 1. The van der Waals surface area contributed by atoms with Gasteiger partial charge in [-0.3, -0.25) is 4.98 Å². The van der Waals surface area contributed by atoms with Gasteiger partial charge in [0.2, 0.25) is 0 Å². The minimum Gasteiger partial charge on any atom is -0.489 e. The first-order valence-corrected chi connectivity index (χ1v) is 9.96. The van der Waals surface area contributed by atoms with Crippen molar-refractivity contribution < 1.29 is 9.13 Å². The van der Waals surface area contributed by atoms with Crippen molar-refractivity contribution >= 4 is 22.5 Å². The van der Waals surface area contributed by atoms with Gasteiger partial charge in [0.25, 0.3) is 0 Å². The second-order valence-electron chi connectivity index (χ2n) is 7.55. The Hall–Kier alpha value is -3.66. The Kier molecular flexibility index (Phi) is 4.47. The van der Waals surface area contributed by atoms with Crippen LogP contribution in [-0.4, -0.2) is 23.1 Å². The molecule has 1 saturated heterocycles. The molecule has 1 aromatic carbocycles. The molecule has 2 aliphatic heterocycles. The number of fused-ring (bicyclic) bond motifs is 5. The third kappa shape index (κ3) is 3.11. The van der Waals surface area contributed by atoms with Crippen LogP contribution in [-0.2, 0) is 0 Å². The lowest BCUT2D eigenvalue weighted by atomic mass is 10.0. The van der Waals surface area contributed by atoms with E-state index in [0.717, 1.165) is 36.5 Å². The van der Waals surface area contributed by atoms with Crippen LogP contribution in [0.2, 0.25) is 0 Å². The second-order valence-corrected chi connectivity index (χ2v) is 7.55. The first kappa shape index (κ1) is 18.4. The molecule has 0 aliphatic carbocycles. The SMILES string of the molecule is C/C1=C\COc2ccc(F)cc2[C@@H]2CCCN2c2ccc3ncc(C#N)c(c3n2)N1. The molecule has 1 N–H and O–H groups in total. The summed E-state index contributed by atoms with van der Waals surface area (Å²) >= 11 is 0. The summed E-state index contributed by atoms with van der Waals surface area (Å²) in [7, 11) is 0. The van der Waals surface area contributed by atoms with E-state index in [2.05, 4.69) is 21.3 Å². The van der Waals surface area contributed by atoms with E-state index in [1.807, 2.05) is 25.1 Å². The number of benzene rings is 1. The van der Waals surface area contributed by atoms with E-state index in [4.69, 9.17) is 9.72 Å². The van der Waals surface area contributed by atoms with Crippen LogP contribution in [0, 0.1) is 17.1 Å². The molecule has 2 aliphatic rings. The summed E-state index contributed by atoms with van der Waals surface area (Å²) in [6, 6.07) is 10.7. The average Bonchev–Trinajstić information content (AvgIpc) is 3.24. The van der Waals surface area contributed by atoms with Gasteiger partial charge in [0.1, 0.15) is 35.6 Å². The normalized spacial score (nSPS) is 19.8. The van der Waals surface area contributed by atoms with Gasteiger partial charge in [-0.2, -0.15) is 5.26 Å². The van der Waals surface area contributed by atoms with Crippen LogP contribution in [0.4, 0.5) is 15.9 Å². The molecule has 4 heterocycles. The monoisotopic (exact) mass is 401 g/mol. The van der Waals surface area contributed by atoms with Gasteiger partial charge >= 0.3 is 0 Å². The maximum Gasteiger partial charge on any atom is 0.129 e. The number of anilines is 2. The molecule has 3 aromatic rings. The number of nitriles is 1. The highest BCUT2D eigenvalue weighted by atomic mass is 19.1. The summed E-state index contributed by atoms with van der Waals surface area (Å²) in [6.07, 6.45) is 5.32. The summed E-state index contributed by atoms with van der Waals surface area (Å²) in [4.78, 5) is 11.5. The number of nitrogens with one attached hydrogen (secondary N) is 1. The lowest BCUT2D eigenvalue weighted by Crippen LogP contribution is -2.24. The largest absolute Gasteiger partial charge is 0.489 e. The lowest BCUT2D eigenvalue weighted by Gasteiger charge is -2.27. The predicted molar refractivity (Wildman–Crippen MR) is 113 cm³/mol. The van der Waals surface area contributed by atoms with E-state index in [-0.39, 0.29) is 11.9 Å². The minimum atomic E-state index is -0.279. The van der Waals surface area contributed by atoms with Gasteiger partial charge in [-0.1, -0.05) is 0 Å². The smallest absolute Gasteiger partial charge is 0.129 e. The number of allylic oxidation sites excluding steroid dienone is 1. The number of nitrogens with zero attached hydrogens (tertiary/aromatic N) is 4. The van der Waals surface area contributed by atoms with Crippen molar-refractivity contribution in [3.63, 3.8) is 0 Å². The van der Waals surface area contributed by atoms with Crippen LogP contribution in [0.25, 0.3) is 11.0 Å². The topological polar surface area (TPSA) is 74.1 Å². The van der Waals surface area contributed by atoms with Gasteiger partial charge in [0.05, 0.1) is 22.8 Å². The molecule has 0 saturated carbocycles. The van der Waals surface area contributed by atoms with Crippen molar-refractivity contribution in [3.8, 4) is 11.8 Å². The molecular weight excluding hydrogens is 381 g/mol. The first-order chi connectivity index (χ1) is 14.6. The number of rotatable bonds is 0. The maximum absolute atomic E-state index is 14.1. The van der Waals surface area contributed by atoms with E-state index in [9.17, 15) is 9.65 Å². The molecule has 0 spiro atoms. The van der Waals surface area contributed by atoms with E-state index in [0.29, 0.717) is 34.6 Å². The standard InChI is InChI=1S/C23H20FN5O/c1-14-8-10-30-20-6-4-16(24)11-17(20)19-3-2-9-29(19)21-7-5-18-23(28-21)22(27-14)15(12-25)13-26-18/h4-8,11,13,19,27H,2-3,9-10H2,1H3/b14-8+/t19-/m0/s1. The molecule has 1 fully saturated rings. The van der Waals surface area contributed by atoms with Gasteiger partial charge in [-0.15, -0.1) is 0 Å². The van der Waals surface area contributed by atoms with Crippen LogP contribution < -0.4 is 15.0 Å². The van der Waals surface area contributed by atoms with Crippen molar-refractivity contribution in [2.75, 3.05) is 23.4 Å². The van der Waals surface area contributed by atoms with Crippen molar-refractivity contribution in [1.29, 1.82) is 5.26 Å². The quantitative estimate of drug-likeness (QED) is 0.589. The van der Waals surface area contributed by atoms with E-state index in [1.54, 1.807) is 18.3 Å². The molecule has 30 heavy (non-hydrogen) atoms. The summed E-state index contributed by atoms with van der Waals surface area (Å²) in [5.74, 6) is 1.18. The molecule has 2 bridgehead atoms. The summed E-state index contributed by atoms with van der Waals surface area (Å²) in [6.45, 7) is 3.04. The Morgan fingerprint density at radius 2 is 2.20 bits per heavy atom. The van der Waals surface area contributed by atoms with E-state index >= 15 is 0 Å². The van der Waals surface area contributed by atoms with E-state index in [1.165, 1.54) is 6.07 Å². The van der Waals surface area contributed by atoms with E-state index < -0.39 is 0 Å². The molecule has 0 radical (unpaired) electrons. The summed E-state index contributed by atoms with van der Waals surface area (Å²) in [5, 5.41) is 12.9. The molecule has 150 valence electrons. The average molecular weight is 401 g/mol. The fourth-order valence-corrected chi connectivity index (χ4v) is 4.21. The third-order valence-corrected chi connectivity index (χ3v) is 5.65. The van der Waals surface area contributed by atoms with Crippen molar-refractivity contribution in [2.45, 2.75) is 25.8 Å². The Labute approximate surface area is 173 Å². The highest BCUT2D eigenvalue weighted by Gasteiger charge is 2.30. The van der Waals surface area contributed by atoms with Gasteiger partial charge in [-0.05, 0) is 56.2 Å². The number of pyridine rings is 2. The zero-order valence-corrected chi connectivity index (χ0v) is 16.5. The fourth-order valence-electron chi connectivity index (χ4n) is 4.21. The maximum atomic E-state index is 14.1. The van der Waals surface area contributed by atoms with Crippen molar-refractivity contribution in [2.24, 2.45) is 0 Å². The van der Waals surface area contributed by atoms with Gasteiger partial charge < -0.3 is 15.0 Å². The Morgan fingerprint density at radius 3 is 3.07 bits per heavy atom. The Balaban J connectivity index is 1.74. The zero-order chi connectivity index (χ0) is 20.7. The molecule has 1 atom stereocenters. The van der Waals surface area contributed by atoms with Crippen LogP contribution in [0.15, 0.2) is 48.3 Å². The lowest BCUT2D eigenvalue weighted by molar-refractivity contribution is 0.354. The minimum absolute atomic E-state index is 0.0324. The number of hydrogen-bond donors (Lipinski definition) is 1. The molecular formula is C23H20FN5O. The van der Waals surface area contributed by atoms with Crippen LogP contribution in [0.5, 0.6) is 5.75 Å². The number of hydrogen-bond acceptors (Lipinski definition) is 6. The van der Waals surface area contributed by atoms with Crippen LogP contribution >= 0.6 is 0 Å². The highest BCUT2D eigenvalue weighted by Crippen LogP contribution is 2.40. The molecule has 0 unspecified atom stereocenters. The zero-order valence-electron chi connectivity index (χ0n) is 16.5. The first-order valence-electron chi connectivity index (χ1n) is 9.96. The summed E-state index contributed by atoms with van der Waals surface area (Å²) < 4.78 is 20.1. The van der Waals surface area contributed by atoms with Gasteiger partial charge in [0.15, 0.2) is 0 Å². The third-order valence-electron chi connectivity index (χ3n) is 5.65. The Morgan fingerprint density at radius 1 is 1.30 bits per heavy atom. The molecule has 0 amide bonds. The highest BCUT2D eigenvalue weighted by molar-refractivity contribution is 5.92. The van der Waals surface area contributed by atoms with Gasteiger partial charge in [-0.25, -0.2) is 9.37 Å².